The van der Waals surface area contributed by atoms with Crippen molar-refractivity contribution in [2.75, 3.05) is 6.54 Å². The van der Waals surface area contributed by atoms with Gasteiger partial charge >= 0.3 is 6.03 Å². The summed E-state index contributed by atoms with van der Waals surface area (Å²) in [4.78, 5) is 41.4. The van der Waals surface area contributed by atoms with Crippen LogP contribution in [-0.2, 0) is 0 Å². The number of carbonyl (C=O) groups excluding carboxylic acids is 2. The quantitative estimate of drug-likeness (QED) is 0.251. The summed E-state index contributed by atoms with van der Waals surface area (Å²) in [5.74, 6) is -0.712. The minimum Gasteiger partial charge on any atom is -0.361 e. The van der Waals surface area contributed by atoms with Crippen LogP contribution in [0, 0.1) is 0 Å². The molecule has 34 heavy (non-hydrogen) atoms. The molecule has 0 fully saturated rings. The van der Waals surface area contributed by atoms with E-state index in [2.05, 4.69) is 31.3 Å². The number of urea groups is 1. The summed E-state index contributed by atoms with van der Waals surface area (Å²) >= 11 is 1.61. The first-order chi connectivity index (χ1) is 16.6. The molecule has 0 radical (unpaired) electrons. The Kier molecular flexibility index (Phi) is 5.79. The second-order valence-electron chi connectivity index (χ2n) is 7.59. The Morgan fingerprint density at radius 1 is 0.941 bits per heavy atom. The lowest BCUT2D eigenvalue weighted by atomic mass is 9.97. The summed E-state index contributed by atoms with van der Waals surface area (Å²) in [6.45, 7) is 0.323. The van der Waals surface area contributed by atoms with Crippen LogP contribution in [0.25, 0.3) is 21.7 Å². The second-order valence-corrected chi connectivity index (χ2v) is 8.57. The standard InChI is InChI=1S/C24H20N6O3S/c31-22-16-8-2-1-7-15(16)21(27-28-22)23(32)29-30-24(33)26-13-18(20-10-5-11-34-20)17-12-25-19-9-4-3-6-14(17)19/h1-12,18,25H,13H2,(H,28,31)(H,29,32)(H2,26,30,33)/t18-/m0/s1. The van der Waals surface area contributed by atoms with E-state index in [1.54, 1.807) is 35.6 Å². The summed E-state index contributed by atoms with van der Waals surface area (Å²) in [7, 11) is 0. The molecule has 2 aromatic carbocycles. The number of nitrogens with zero attached hydrogens (tertiary/aromatic N) is 1. The van der Waals surface area contributed by atoms with Gasteiger partial charge < -0.3 is 10.3 Å². The van der Waals surface area contributed by atoms with Crippen molar-refractivity contribution in [2.45, 2.75) is 5.92 Å². The molecule has 0 aliphatic rings. The van der Waals surface area contributed by atoms with E-state index in [1.807, 2.05) is 48.0 Å². The molecule has 9 nitrogen and oxygen atoms in total. The first kappa shape index (κ1) is 21.4. The van der Waals surface area contributed by atoms with Crippen molar-refractivity contribution >= 4 is 45.0 Å². The van der Waals surface area contributed by atoms with E-state index < -0.39 is 17.5 Å². The third-order valence-corrected chi connectivity index (χ3v) is 6.54. The average Bonchev–Trinajstić information content (AvgIpc) is 3.54. The Hall–Kier alpha value is -4.44. The maximum Gasteiger partial charge on any atom is 0.333 e. The van der Waals surface area contributed by atoms with Gasteiger partial charge in [0.25, 0.3) is 11.5 Å². The van der Waals surface area contributed by atoms with E-state index >= 15 is 0 Å². The van der Waals surface area contributed by atoms with Crippen LogP contribution in [0.1, 0.15) is 26.8 Å². The number of aromatic nitrogens is 3. The normalized spacial score (nSPS) is 11.9. The molecule has 3 aromatic heterocycles. The molecule has 0 aliphatic carbocycles. The number of thiophene rings is 1. The lowest BCUT2D eigenvalue weighted by Crippen LogP contribution is -2.48. The molecule has 0 unspecified atom stereocenters. The molecule has 5 N–H and O–H groups in total. The molecule has 170 valence electrons. The highest BCUT2D eigenvalue weighted by atomic mass is 32.1. The van der Waals surface area contributed by atoms with Crippen LogP contribution in [0.3, 0.4) is 0 Å². The van der Waals surface area contributed by atoms with Crippen molar-refractivity contribution in [1.29, 1.82) is 0 Å². The number of hydrazine groups is 1. The zero-order valence-corrected chi connectivity index (χ0v) is 18.6. The smallest absolute Gasteiger partial charge is 0.333 e. The maximum absolute atomic E-state index is 12.6. The molecule has 3 amide bonds. The van der Waals surface area contributed by atoms with Gasteiger partial charge in [0.1, 0.15) is 0 Å². The van der Waals surface area contributed by atoms with E-state index in [1.165, 1.54) is 0 Å². The number of carbonyl (C=O) groups is 2. The van der Waals surface area contributed by atoms with Gasteiger partial charge in [0.15, 0.2) is 5.69 Å². The number of aromatic amines is 2. The maximum atomic E-state index is 12.6. The third-order valence-electron chi connectivity index (χ3n) is 5.55. The summed E-state index contributed by atoms with van der Waals surface area (Å²) < 4.78 is 0. The summed E-state index contributed by atoms with van der Waals surface area (Å²) in [5.41, 5.74) is 6.41. The van der Waals surface area contributed by atoms with E-state index in [-0.39, 0.29) is 11.6 Å². The van der Waals surface area contributed by atoms with Crippen molar-refractivity contribution in [2.24, 2.45) is 0 Å². The summed E-state index contributed by atoms with van der Waals surface area (Å²) in [6, 6.07) is 18.1. The Morgan fingerprint density at radius 2 is 1.71 bits per heavy atom. The fraction of sp³-hybridized carbons (Fsp3) is 0.0833. The van der Waals surface area contributed by atoms with E-state index in [4.69, 9.17) is 0 Å². The Morgan fingerprint density at radius 3 is 2.50 bits per heavy atom. The Balaban J connectivity index is 1.27. The van der Waals surface area contributed by atoms with Crippen LogP contribution < -0.4 is 21.7 Å². The number of fused-ring (bicyclic) bond motifs is 2. The number of H-pyrrole nitrogens is 2. The SMILES string of the molecule is O=C(NC[C@H](c1cccs1)c1c[nH]c2ccccc12)NNC(=O)c1n[nH]c(=O)c2ccccc12. The zero-order chi connectivity index (χ0) is 23.5. The van der Waals surface area contributed by atoms with Crippen LogP contribution in [0.15, 0.2) is 77.0 Å². The number of para-hydroxylation sites is 1. The zero-order valence-electron chi connectivity index (χ0n) is 17.8. The first-order valence-corrected chi connectivity index (χ1v) is 11.4. The van der Waals surface area contributed by atoms with E-state index in [0.29, 0.717) is 17.3 Å². The Labute approximate surface area is 197 Å². The Bertz CT molecular complexity index is 1540. The summed E-state index contributed by atoms with van der Waals surface area (Å²) in [5, 5.41) is 12.8. The van der Waals surface area contributed by atoms with Crippen molar-refractivity contribution in [3.05, 3.63) is 98.7 Å². The fourth-order valence-electron chi connectivity index (χ4n) is 3.94. The number of amides is 3. The van der Waals surface area contributed by atoms with Crippen LogP contribution >= 0.6 is 11.3 Å². The highest BCUT2D eigenvalue weighted by Gasteiger charge is 2.20. The van der Waals surface area contributed by atoms with Gasteiger partial charge in [-0.25, -0.2) is 15.3 Å². The van der Waals surface area contributed by atoms with Gasteiger partial charge in [-0.1, -0.05) is 42.5 Å². The van der Waals surface area contributed by atoms with Crippen LogP contribution in [0.5, 0.6) is 0 Å². The van der Waals surface area contributed by atoms with Crippen LogP contribution in [0.2, 0.25) is 0 Å². The van der Waals surface area contributed by atoms with Gasteiger partial charge in [0.2, 0.25) is 0 Å². The van der Waals surface area contributed by atoms with Crippen LogP contribution in [-0.4, -0.2) is 33.7 Å². The molecule has 5 rings (SSSR count). The van der Waals surface area contributed by atoms with Crippen molar-refractivity contribution in [3.63, 3.8) is 0 Å². The summed E-state index contributed by atoms with van der Waals surface area (Å²) in [6.07, 6.45) is 1.96. The number of nitrogens with one attached hydrogen (secondary N) is 5. The van der Waals surface area contributed by atoms with E-state index in [9.17, 15) is 14.4 Å². The van der Waals surface area contributed by atoms with E-state index in [0.717, 1.165) is 21.3 Å². The van der Waals surface area contributed by atoms with Gasteiger partial charge in [0.05, 0.1) is 5.39 Å². The van der Waals surface area contributed by atoms with Gasteiger partial charge in [0, 0.05) is 39.8 Å². The number of hydrogen-bond donors (Lipinski definition) is 5. The molecular formula is C24H20N6O3S. The highest BCUT2D eigenvalue weighted by Crippen LogP contribution is 2.32. The van der Waals surface area contributed by atoms with Crippen LogP contribution in [0.4, 0.5) is 4.79 Å². The second kappa shape index (κ2) is 9.20. The molecule has 1 atom stereocenters. The fourth-order valence-corrected chi connectivity index (χ4v) is 4.78. The van der Waals surface area contributed by atoms with Crippen molar-refractivity contribution < 1.29 is 9.59 Å². The molecule has 3 heterocycles. The predicted molar refractivity (Wildman–Crippen MR) is 131 cm³/mol. The van der Waals surface area contributed by atoms with Gasteiger partial charge in [-0.15, -0.1) is 11.3 Å². The molecule has 0 aliphatic heterocycles. The lowest BCUT2D eigenvalue weighted by molar-refractivity contribution is 0.0932. The first-order valence-electron chi connectivity index (χ1n) is 10.5. The monoisotopic (exact) mass is 472 g/mol. The van der Waals surface area contributed by atoms with Gasteiger partial charge in [-0.05, 0) is 29.1 Å². The van der Waals surface area contributed by atoms with Gasteiger partial charge in [-0.3, -0.25) is 15.0 Å². The predicted octanol–water partition coefficient (Wildman–Crippen LogP) is 3.24. The number of rotatable bonds is 5. The molecule has 0 spiro atoms. The minimum absolute atomic E-state index is 0.00533. The lowest BCUT2D eigenvalue weighted by Gasteiger charge is -2.17. The molecule has 0 saturated heterocycles. The van der Waals surface area contributed by atoms with Crippen molar-refractivity contribution in [3.8, 4) is 0 Å². The van der Waals surface area contributed by atoms with Crippen molar-refractivity contribution in [1.82, 2.24) is 31.3 Å². The molecule has 0 bridgehead atoms. The highest BCUT2D eigenvalue weighted by molar-refractivity contribution is 7.10. The third kappa shape index (κ3) is 4.14. The largest absolute Gasteiger partial charge is 0.361 e. The molecule has 10 heteroatoms. The molecule has 5 aromatic rings. The van der Waals surface area contributed by atoms with Gasteiger partial charge in [-0.2, -0.15) is 5.10 Å². The number of hydrogen-bond acceptors (Lipinski definition) is 5. The molecule has 0 saturated carbocycles. The minimum atomic E-state index is -0.644. The number of benzene rings is 2. The topological polar surface area (TPSA) is 132 Å². The molecular weight excluding hydrogens is 452 g/mol. The average molecular weight is 473 g/mol.